The molecule has 116 valence electrons. The Morgan fingerprint density at radius 1 is 0.875 bits per heavy atom. The summed E-state index contributed by atoms with van der Waals surface area (Å²) in [6.07, 6.45) is 1.99. The van der Waals surface area contributed by atoms with Crippen LogP contribution < -0.4 is 5.63 Å². The van der Waals surface area contributed by atoms with Gasteiger partial charge in [0.15, 0.2) is 0 Å². The summed E-state index contributed by atoms with van der Waals surface area (Å²) in [5, 5.41) is 2.72. The van der Waals surface area contributed by atoms with Gasteiger partial charge in [-0.15, -0.1) is 0 Å². The van der Waals surface area contributed by atoms with Crippen LogP contribution in [0.2, 0.25) is 0 Å². The number of benzene rings is 3. The SMILES string of the molecule is Cc1c2c(cc3c1c(=O)oc1ccccc13)-c1ccccc1CC2. The molecule has 0 fully saturated rings. The van der Waals surface area contributed by atoms with E-state index in [0.29, 0.717) is 5.58 Å². The summed E-state index contributed by atoms with van der Waals surface area (Å²) < 4.78 is 5.56. The van der Waals surface area contributed by atoms with Gasteiger partial charge in [-0.1, -0.05) is 42.5 Å². The number of rotatable bonds is 0. The first kappa shape index (κ1) is 13.6. The van der Waals surface area contributed by atoms with Gasteiger partial charge in [-0.3, -0.25) is 0 Å². The molecule has 0 saturated heterocycles. The van der Waals surface area contributed by atoms with Gasteiger partial charge in [0.05, 0.1) is 5.39 Å². The quantitative estimate of drug-likeness (QED) is 0.337. The largest absolute Gasteiger partial charge is 0.422 e. The zero-order chi connectivity index (χ0) is 16.3. The highest BCUT2D eigenvalue weighted by Crippen LogP contribution is 2.39. The lowest BCUT2D eigenvalue weighted by molar-refractivity contribution is 0.569. The minimum absolute atomic E-state index is 0.233. The minimum Gasteiger partial charge on any atom is -0.422 e. The monoisotopic (exact) mass is 312 g/mol. The fraction of sp³-hybridized carbons (Fsp3) is 0.136. The molecule has 1 aliphatic rings. The maximum atomic E-state index is 12.6. The average molecular weight is 312 g/mol. The van der Waals surface area contributed by atoms with Crippen molar-refractivity contribution in [2.75, 3.05) is 0 Å². The van der Waals surface area contributed by atoms with E-state index >= 15 is 0 Å². The molecule has 2 nitrogen and oxygen atoms in total. The van der Waals surface area contributed by atoms with Crippen molar-refractivity contribution in [2.24, 2.45) is 0 Å². The second kappa shape index (κ2) is 4.81. The van der Waals surface area contributed by atoms with Crippen molar-refractivity contribution in [3.63, 3.8) is 0 Å². The summed E-state index contributed by atoms with van der Waals surface area (Å²) in [6, 6.07) is 18.5. The Kier molecular flexibility index (Phi) is 2.72. The molecule has 0 atom stereocenters. The van der Waals surface area contributed by atoms with Gasteiger partial charge in [0.2, 0.25) is 0 Å². The number of aryl methyl sites for hydroxylation is 2. The van der Waals surface area contributed by atoms with Gasteiger partial charge in [0, 0.05) is 10.8 Å². The maximum Gasteiger partial charge on any atom is 0.344 e. The molecule has 24 heavy (non-hydrogen) atoms. The van der Waals surface area contributed by atoms with Crippen molar-refractivity contribution in [1.82, 2.24) is 0 Å². The number of para-hydroxylation sites is 1. The highest BCUT2D eigenvalue weighted by molar-refractivity contribution is 6.07. The molecule has 2 heteroatoms. The van der Waals surface area contributed by atoms with Crippen LogP contribution in [0.15, 0.2) is 63.8 Å². The van der Waals surface area contributed by atoms with E-state index in [-0.39, 0.29) is 5.63 Å². The number of fused-ring (bicyclic) bond motifs is 6. The highest BCUT2D eigenvalue weighted by Gasteiger charge is 2.21. The van der Waals surface area contributed by atoms with E-state index in [1.54, 1.807) is 0 Å². The van der Waals surface area contributed by atoms with Gasteiger partial charge in [0.25, 0.3) is 0 Å². The van der Waals surface area contributed by atoms with Gasteiger partial charge in [-0.2, -0.15) is 0 Å². The van der Waals surface area contributed by atoms with Crippen molar-refractivity contribution in [3.05, 3.63) is 81.7 Å². The summed E-state index contributed by atoms with van der Waals surface area (Å²) in [7, 11) is 0. The molecule has 0 saturated carbocycles. The van der Waals surface area contributed by atoms with Crippen LogP contribution in [0, 0.1) is 6.92 Å². The van der Waals surface area contributed by atoms with Crippen molar-refractivity contribution < 1.29 is 4.42 Å². The van der Waals surface area contributed by atoms with Crippen molar-refractivity contribution in [1.29, 1.82) is 0 Å². The lowest BCUT2D eigenvalue weighted by Gasteiger charge is -2.23. The van der Waals surface area contributed by atoms with Gasteiger partial charge in [-0.05, 0) is 59.7 Å². The van der Waals surface area contributed by atoms with Crippen LogP contribution in [0.5, 0.6) is 0 Å². The first-order valence-corrected chi connectivity index (χ1v) is 8.30. The Bertz CT molecular complexity index is 1180. The Balaban J connectivity index is 2.01. The zero-order valence-corrected chi connectivity index (χ0v) is 13.4. The summed E-state index contributed by atoms with van der Waals surface area (Å²) in [5.41, 5.74) is 6.70. The molecular weight excluding hydrogens is 296 g/mol. The maximum absolute atomic E-state index is 12.6. The molecule has 0 unspecified atom stereocenters. The van der Waals surface area contributed by atoms with Crippen molar-refractivity contribution >= 4 is 21.7 Å². The molecule has 0 spiro atoms. The lowest BCUT2D eigenvalue weighted by atomic mass is 9.81. The van der Waals surface area contributed by atoms with Gasteiger partial charge in [-0.25, -0.2) is 4.79 Å². The highest BCUT2D eigenvalue weighted by atomic mass is 16.4. The fourth-order valence-corrected chi connectivity index (χ4v) is 4.09. The van der Waals surface area contributed by atoms with Gasteiger partial charge < -0.3 is 4.42 Å². The molecule has 1 aromatic heterocycles. The van der Waals surface area contributed by atoms with Crippen LogP contribution >= 0.6 is 0 Å². The van der Waals surface area contributed by atoms with Crippen LogP contribution in [-0.4, -0.2) is 0 Å². The molecule has 0 bridgehead atoms. The van der Waals surface area contributed by atoms with E-state index < -0.39 is 0 Å². The van der Waals surface area contributed by atoms with Gasteiger partial charge >= 0.3 is 5.63 Å². The van der Waals surface area contributed by atoms with E-state index in [1.807, 2.05) is 24.3 Å². The second-order valence-electron chi connectivity index (χ2n) is 6.49. The van der Waals surface area contributed by atoms with Crippen LogP contribution in [0.25, 0.3) is 32.9 Å². The van der Waals surface area contributed by atoms with E-state index in [2.05, 4.69) is 37.3 Å². The molecule has 0 aliphatic heterocycles. The number of hydrogen-bond donors (Lipinski definition) is 0. The second-order valence-corrected chi connectivity index (χ2v) is 6.49. The zero-order valence-electron chi connectivity index (χ0n) is 13.4. The Morgan fingerprint density at radius 3 is 2.58 bits per heavy atom. The molecule has 0 amide bonds. The predicted molar refractivity (Wildman–Crippen MR) is 97.6 cm³/mol. The van der Waals surface area contributed by atoms with E-state index in [1.165, 1.54) is 22.3 Å². The fourth-order valence-electron chi connectivity index (χ4n) is 4.09. The summed E-state index contributed by atoms with van der Waals surface area (Å²) in [4.78, 5) is 12.6. The standard InChI is InChI=1S/C22H16O2/c1-13-15-11-10-14-6-2-3-7-16(14)18(15)12-19-17-8-4-5-9-20(17)24-22(23)21(13)19/h2-9,12H,10-11H2,1H3. The number of hydrogen-bond acceptors (Lipinski definition) is 2. The average Bonchev–Trinajstić information content (AvgIpc) is 2.61. The summed E-state index contributed by atoms with van der Waals surface area (Å²) >= 11 is 0. The third-order valence-electron chi connectivity index (χ3n) is 5.25. The molecule has 1 heterocycles. The van der Waals surface area contributed by atoms with Crippen LogP contribution in [0.3, 0.4) is 0 Å². The normalized spacial score (nSPS) is 13.0. The van der Waals surface area contributed by atoms with Crippen LogP contribution in [0.1, 0.15) is 16.7 Å². The van der Waals surface area contributed by atoms with Crippen LogP contribution in [0.4, 0.5) is 0 Å². The lowest BCUT2D eigenvalue weighted by Crippen LogP contribution is -2.10. The summed E-state index contributed by atoms with van der Waals surface area (Å²) in [5.74, 6) is 0. The third kappa shape index (κ3) is 1.74. The van der Waals surface area contributed by atoms with Gasteiger partial charge in [0.1, 0.15) is 5.58 Å². The summed E-state index contributed by atoms with van der Waals surface area (Å²) in [6.45, 7) is 2.06. The molecule has 4 aromatic rings. The molecule has 0 N–H and O–H groups in total. The topological polar surface area (TPSA) is 30.2 Å². The molecular formula is C22H16O2. The van der Waals surface area contributed by atoms with Crippen LogP contribution in [-0.2, 0) is 12.8 Å². The third-order valence-corrected chi connectivity index (χ3v) is 5.25. The van der Waals surface area contributed by atoms with E-state index in [9.17, 15) is 4.79 Å². The Labute approximate surface area is 139 Å². The molecule has 3 aromatic carbocycles. The smallest absolute Gasteiger partial charge is 0.344 e. The predicted octanol–water partition coefficient (Wildman–Crippen LogP) is 5.02. The molecule has 1 aliphatic carbocycles. The van der Waals surface area contributed by atoms with Crippen molar-refractivity contribution in [2.45, 2.75) is 19.8 Å². The van der Waals surface area contributed by atoms with Crippen molar-refractivity contribution in [3.8, 4) is 11.1 Å². The first-order chi connectivity index (χ1) is 11.7. The van der Waals surface area contributed by atoms with E-state index in [0.717, 1.165) is 34.6 Å². The van der Waals surface area contributed by atoms with E-state index in [4.69, 9.17) is 4.42 Å². The first-order valence-electron chi connectivity index (χ1n) is 8.30. The minimum atomic E-state index is -0.233. The Morgan fingerprint density at radius 2 is 1.67 bits per heavy atom. The Hall–Kier alpha value is -2.87. The molecule has 0 radical (unpaired) electrons. The molecule has 5 rings (SSSR count).